The maximum Gasteiger partial charge on any atom is 0.0765 e. The van der Waals surface area contributed by atoms with Gasteiger partial charge in [0.1, 0.15) is 0 Å². The van der Waals surface area contributed by atoms with Crippen LogP contribution in [0.4, 0.5) is 0 Å². The number of hydrogen-bond donors (Lipinski definition) is 2. The summed E-state index contributed by atoms with van der Waals surface area (Å²) in [5.41, 5.74) is 4.06. The topological polar surface area (TPSA) is 41.5 Å². The second kappa shape index (κ2) is 7.31. The van der Waals surface area contributed by atoms with Crippen LogP contribution in [0.1, 0.15) is 91.9 Å². The Morgan fingerprint density at radius 2 is 1.90 bits per heavy atom. The van der Waals surface area contributed by atoms with Crippen molar-refractivity contribution < 1.29 is 9.84 Å². The van der Waals surface area contributed by atoms with Crippen LogP contribution in [-0.2, 0) is 4.74 Å². The maximum absolute atomic E-state index is 10.3. The molecule has 11 atom stereocenters. The van der Waals surface area contributed by atoms with Crippen LogP contribution in [0.2, 0.25) is 0 Å². The summed E-state index contributed by atoms with van der Waals surface area (Å²) in [7, 11) is 0. The average Bonchev–Trinajstić information content (AvgIpc) is 3.19. The molecule has 2 aliphatic heterocycles. The normalized spacial score (nSPS) is 56.6. The minimum Gasteiger partial charge on any atom is -0.393 e. The van der Waals surface area contributed by atoms with E-state index >= 15 is 0 Å². The van der Waals surface area contributed by atoms with Crippen molar-refractivity contribution in [2.45, 2.75) is 116 Å². The second-order valence-electron chi connectivity index (χ2n) is 13.1. The first-order valence-corrected chi connectivity index (χ1v) is 13.6. The number of piperidine rings is 1. The van der Waals surface area contributed by atoms with Crippen molar-refractivity contribution >= 4 is 0 Å². The minimum atomic E-state index is -0.0387. The van der Waals surface area contributed by atoms with Crippen LogP contribution in [-0.4, -0.2) is 35.5 Å². The molecule has 0 bridgehead atoms. The molecule has 0 radical (unpaired) electrons. The van der Waals surface area contributed by atoms with Gasteiger partial charge in [0.15, 0.2) is 0 Å². The molecule has 4 aliphatic carbocycles. The van der Waals surface area contributed by atoms with E-state index in [4.69, 9.17) is 4.74 Å². The number of rotatable bonds is 0. The van der Waals surface area contributed by atoms with Crippen molar-refractivity contribution in [2.75, 3.05) is 6.54 Å². The molecule has 6 rings (SSSR count). The molecule has 5 fully saturated rings. The van der Waals surface area contributed by atoms with Crippen LogP contribution >= 0.6 is 0 Å². The lowest BCUT2D eigenvalue weighted by Gasteiger charge is -2.53. The van der Waals surface area contributed by atoms with Gasteiger partial charge in [-0.15, -0.1) is 0 Å². The van der Waals surface area contributed by atoms with Gasteiger partial charge in [0.05, 0.1) is 17.8 Å². The Morgan fingerprint density at radius 3 is 2.74 bits per heavy atom. The quantitative estimate of drug-likeness (QED) is 0.504. The highest BCUT2D eigenvalue weighted by Gasteiger charge is 2.59. The molecule has 2 N–H and O–H groups in total. The molecule has 3 heteroatoms. The molecule has 0 aromatic heterocycles. The standard InChI is InChI=1S/C28H45NO2/c1-16-11-25-26(29-15-16)18(3)28(31-25)10-8-21-22-6-5-19-12-20(30)7-9-27(19,4)24(22)13-23(21)17(2)14-28/h16,18-22,24-26,29-30H,5-15H2,1-4H3/t16-,18+,19+,20+,21-,22-,24-,25+,26-,27-,28?/m0/s1. The highest BCUT2D eigenvalue weighted by atomic mass is 16.5. The third-order valence-corrected chi connectivity index (χ3v) is 11.6. The van der Waals surface area contributed by atoms with Gasteiger partial charge in [-0.05, 0) is 113 Å². The van der Waals surface area contributed by atoms with Gasteiger partial charge in [0.2, 0.25) is 0 Å². The van der Waals surface area contributed by atoms with Gasteiger partial charge in [-0.1, -0.05) is 31.9 Å². The fourth-order valence-electron chi connectivity index (χ4n) is 9.80. The number of ether oxygens (including phenoxy) is 1. The van der Waals surface area contributed by atoms with Crippen molar-refractivity contribution in [1.82, 2.24) is 5.32 Å². The van der Waals surface area contributed by atoms with Gasteiger partial charge in [-0.25, -0.2) is 0 Å². The highest BCUT2D eigenvalue weighted by molar-refractivity contribution is 5.29. The van der Waals surface area contributed by atoms with E-state index in [1.54, 1.807) is 5.57 Å². The van der Waals surface area contributed by atoms with Gasteiger partial charge < -0.3 is 15.2 Å². The number of allylic oxidation sites excluding steroid dienone is 1. The molecule has 0 aromatic carbocycles. The molecule has 1 unspecified atom stereocenters. The van der Waals surface area contributed by atoms with Gasteiger partial charge in [-0.3, -0.25) is 0 Å². The van der Waals surface area contributed by atoms with E-state index in [-0.39, 0.29) is 11.7 Å². The molecule has 2 saturated heterocycles. The Balaban J connectivity index is 1.27. The zero-order valence-electron chi connectivity index (χ0n) is 20.3. The SMILES string of the molecule is CC1=C2C[C@H]3[C@@H](CC[C@@H]4C[C@H](O)CC[C@@]43C)[C@@H]2CCC2(C1)O[C@@H]1C[C@H](C)CN[C@H]1[C@H]2C. The molecule has 174 valence electrons. The lowest BCUT2D eigenvalue weighted by molar-refractivity contribution is -0.0795. The van der Waals surface area contributed by atoms with E-state index in [0.717, 1.165) is 49.0 Å². The van der Waals surface area contributed by atoms with Crippen molar-refractivity contribution in [2.24, 2.45) is 40.9 Å². The Hall–Kier alpha value is -0.380. The van der Waals surface area contributed by atoms with E-state index in [2.05, 4.69) is 33.0 Å². The van der Waals surface area contributed by atoms with Crippen LogP contribution in [0.25, 0.3) is 0 Å². The van der Waals surface area contributed by atoms with Crippen LogP contribution in [0.3, 0.4) is 0 Å². The molecule has 3 nitrogen and oxygen atoms in total. The minimum absolute atomic E-state index is 0.0387. The first-order valence-electron chi connectivity index (χ1n) is 13.6. The van der Waals surface area contributed by atoms with E-state index < -0.39 is 0 Å². The van der Waals surface area contributed by atoms with E-state index in [1.165, 1.54) is 51.4 Å². The van der Waals surface area contributed by atoms with Crippen LogP contribution in [0.5, 0.6) is 0 Å². The maximum atomic E-state index is 10.3. The van der Waals surface area contributed by atoms with Crippen molar-refractivity contribution in [3.05, 3.63) is 11.1 Å². The largest absolute Gasteiger partial charge is 0.393 e. The Bertz CT molecular complexity index is 762. The molecule has 0 aromatic rings. The summed E-state index contributed by atoms with van der Waals surface area (Å²) in [6.07, 6.45) is 12.8. The second-order valence-corrected chi connectivity index (χ2v) is 13.1. The summed E-state index contributed by atoms with van der Waals surface area (Å²) in [5.74, 6) is 4.64. The predicted octanol–water partition coefficient (Wildman–Crippen LogP) is 5.47. The first-order chi connectivity index (χ1) is 14.8. The lowest BCUT2D eigenvalue weighted by atomic mass is 9.52. The number of aliphatic hydroxyl groups is 1. The zero-order valence-corrected chi connectivity index (χ0v) is 20.3. The Kier molecular flexibility index (Phi) is 4.99. The highest BCUT2D eigenvalue weighted by Crippen LogP contribution is 2.65. The smallest absolute Gasteiger partial charge is 0.0765 e. The summed E-state index contributed by atoms with van der Waals surface area (Å²) >= 11 is 0. The number of fused-ring (bicyclic) bond motifs is 6. The number of aliphatic hydroxyl groups excluding tert-OH is 1. The van der Waals surface area contributed by atoms with Crippen molar-refractivity contribution in [3.8, 4) is 0 Å². The fourth-order valence-corrected chi connectivity index (χ4v) is 9.80. The van der Waals surface area contributed by atoms with Crippen molar-refractivity contribution in [3.63, 3.8) is 0 Å². The Morgan fingerprint density at radius 1 is 1.06 bits per heavy atom. The molecule has 0 amide bonds. The summed E-state index contributed by atoms with van der Waals surface area (Å²) in [6.45, 7) is 11.1. The van der Waals surface area contributed by atoms with Gasteiger partial charge >= 0.3 is 0 Å². The molecular formula is C28H45NO2. The van der Waals surface area contributed by atoms with E-state index in [1.807, 2.05) is 5.57 Å². The lowest BCUT2D eigenvalue weighted by Crippen LogP contribution is -2.48. The molecule has 6 aliphatic rings. The van der Waals surface area contributed by atoms with Crippen molar-refractivity contribution in [1.29, 1.82) is 0 Å². The van der Waals surface area contributed by atoms with Crippen LogP contribution in [0.15, 0.2) is 11.1 Å². The number of nitrogens with one attached hydrogen (secondary N) is 1. The third-order valence-electron chi connectivity index (χ3n) is 11.6. The van der Waals surface area contributed by atoms with Gasteiger partial charge in [-0.2, -0.15) is 0 Å². The van der Waals surface area contributed by atoms with E-state index in [9.17, 15) is 5.11 Å². The fraction of sp³-hybridized carbons (Fsp3) is 0.929. The van der Waals surface area contributed by atoms with Gasteiger partial charge in [0.25, 0.3) is 0 Å². The predicted molar refractivity (Wildman–Crippen MR) is 125 cm³/mol. The molecule has 31 heavy (non-hydrogen) atoms. The summed E-state index contributed by atoms with van der Waals surface area (Å²) in [4.78, 5) is 0. The number of hydrogen-bond acceptors (Lipinski definition) is 3. The zero-order chi connectivity index (χ0) is 21.5. The van der Waals surface area contributed by atoms with E-state index in [0.29, 0.717) is 23.5 Å². The average molecular weight is 428 g/mol. The van der Waals surface area contributed by atoms with Crippen LogP contribution < -0.4 is 5.32 Å². The molecule has 3 saturated carbocycles. The van der Waals surface area contributed by atoms with Crippen LogP contribution in [0, 0.1) is 40.9 Å². The monoisotopic (exact) mass is 427 g/mol. The molecule has 1 spiro atoms. The molecule has 2 heterocycles. The summed E-state index contributed by atoms with van der Waals surface area (Å²) in [6, 6.07) is 0.558. The molecular weight excluding hydrogens is 382 g/mol. The Labute approximate surface area is 189 Å². The third kappa shape index (κ3) is 3.08. The summed E-state index contributed by atoms with van der Waals surface area (Å²) < 4.78 is 7.02. The summed E-state index contributed by atoms with van der Waals surface area (Å²) in [5, 5.41) is 14.2. The first kappa shape index (κ1) is 21.2. The van der Waals surface area contributed by atoms with Gasteiger partial charge in [0, 0.05) is 12.0 Å².